The van der Waals surface area contributed by atoms with Gasteiger partial charge in [0.05, 0.1) is 10.7 Å². The smallest absolute Gasteiger partial charge is 0.264 e. The van der Waals surface area contributed by atoms with Crippen LogP contribution >= 0.6 is 23.2 Å². The lowest BCUT2D eigenvalue weighted by molar-refractivity contribution is 0.627. The van der Waals surface area contributed by atoms with Crippen molar-refractivity contribution in [3.63, 3.8) is 0 Å². The second kappa shape index (κ2) is 9.36. The van der Waals surface area contributed by atoms with Crippen LogP contribution in [0.4, 0.5) is 8.78 Å². The van der Waals surface area contributed by atoms with Crippen LogP contribution in [-0.2, 0) is 0 Å². The van der Waals surface area contributed by atoms with Gasteiger partial charge in [0.15, 0.2) is 5.15 Å². The Morgan fingerprint density at radius 1 is 0.759 bits per heavy atom. The van der Waals surface area contributed by atoms with E-state index in [9.17, 15) is 13.6 Å². The maximum absolute atomic E-state index is 12.7. The number of aromatic amines is 1. The molecule has 5 nitrogen and oxygen atoms in total. The van der Waals surface area contributed by atoms with E-state index in [4.69, 9.17) is 23.2 Å². The molecule has 0 unspecified atom stereocenters. The average Bonchev–Trinajstić information content (AvgIpc) is 2.71. The first-order chi connectivity index (χ1) is 13.9. The standard InChI is InChI=1S/C10H5Cl2FN2.C10H7FN2O/c11-8-5-9(12)14-15-10(8)6-1-3-7(13)4-2-6;11-8-3-1-7(2-4-8)9-5-6-10(14)13-12-9/h1-5H;1-6H,(H,13,14). The fourth-order valence-corrected chi connectivity index (χ4v) is 2.73. The van der Waals surface area contributed by atoms with E-state index in [1.807, 2.05) is 0 Å². The summed E-state index contributed by atoms with van der Waals surface area (Å²) in [5.41, 5.74) is 2.31. The van der Waals surface area contributed by atoms with Crippen molar-refractivity contribution in [2.45, 2.75) is 0 Å². The molecule has 0 aliphatic carbocycles. The van der Waals surface area contributed by atoms with Crippen LogP contribution < -0.4 is 5.56 Å². The van der Waals surface area contributed by atoms with E-state index in [2.05, 4.69) is 20.4 Å². The summed E-state index contributed by atoms with van der Waals surface area (Å²) in [5.74, 6) is -0.602. The topological polar surface area (TPSA) is 71.5 Å². The van der Waals surface area contributed by atoms with Crippen LogP contribution in [0.2, 0.25) is 10.2 Å². The van der Waals surface area contributed by atoms with E-state index in [-0.39, 0.29) is 22.3 Å². The highest BCUT2D eigenvalue weighted by atomic mass is 35.5. The zero-order chi connectivity index (χ0) is 20.8. The summed E-state index contributed by atoms with van der Waals surface area (Å²) in [5, 5.41) is 14.3. The molecular formula is C20H12Cl2F2N4O. The molecule has 0 fully saturated rings. The molecule has 2 aromatic carbocycles. The molecule has 2 aromatic heterocycles. The first-order valence-electron chi connectivity index (χ1n) is 8.19. The lowest BCUT2D eigenvalue weighted by Crippen LogP contribution is -2.05. The lowest BCUT2D eigenvalue weighted by atomic mass is 10.1. The minimum atomic E-state index is -0.309. The predicted molar refractivity (Wildman–Crippen MR) is 108 cm³/mol. The summed E-state index contributed by atoms with van der Waals surface area (Å²) in [6, 6.07) is 16.2. The fraction of sp³-hybridized carbons (Fsp3) is 0. The number of halogens is 4. The predicted octanol–water partition coefficient (Wildman–Crippen LogP) is 5.17. The van der Waals surface area contributed by atoms with Crippen LogP contribution in [0.15, 0.2) is 71.5 Å². The van der Waals surface area contributed by atoms with Crippen LogP contribution in [0.5, 0.6) is 0 Å². The molecule has 0 bridgehead atoms. The maximum Gasteiger partial charge on any atom is 0.264 e. The number of nitrogens with zero attached hydrogens (tertiary/aromatic N) is 3. The highest BCUT2D eigenvalue weighted by molar-refractivity contribution is 6.35. The van der Waals surface area contributed by atoms with E-state index < -0.39 is 0 Å². The van der Waals surface area contributed by atoms with Gasteiger partial charge in [-0.15, -0.1) is 10.2 Å². The van der Waals surface area contributed by atoms with Crippen LogP contribution in [0.3, 0.4) is 0 Å². The van der Waals surface area contributed by atoms with E-state index in [1.54, 1.807) is 30.3 Å². The summed E-state index contributed by atoms with van der Waals surface area (Å²) >= 11 is 11.5. The van der Waals surface area contributed by atoms with Crippen molar-refractivity contribution in [1.29, 1.82) is 0 Å². The number of rotatable bonds is 2. The van der Waals surface area contributed by atoms with Gasteiger partial charge < -0.3 is 0 Å². The van der Waals surface area contributed by atoms with Gasteiger partial charge in [-0.05, 0) is 60.7 Å². The Morgan fingerprint density at radius 3 is 1.86 bits per heavy atom. The molecule has 0 amide bonds. The Labute approximate surface area is 174 Å². The van der Waals surface area contributed by atoms with Gasteiger partial charge in [0, 0.05) is 17.2 Å². The summed E-state index contributed by atoms with van der Waals surface area (Å²) in [4.78, 5) is 10.7. The van der Waals surface area contributed by atoms with Gasteiger partial charge in [-0.3, -0.25) is 4.79 Å². The normalized spacial score (nSPS) is 10.2. The molecular weight excluding hydrogens is 421 g/mol. The maximum atomic E-state index is 12.7. The third kappa shape index (κ3) is 5.66. The fourth-order valence-electron chi connectivity index (χ4n) is 2.28. The highest BCUT2D eigenvalue weighted by Gasteiger charge is 2.07. The van der Waals surface area contributed by atoms with Crippen molar-refractivity contribution in [3.05, 3.63) is 98.9 Å². The number of hydrogen-bond donors (Lipinski definition) is 1. The molecule has 0 saturated heterocycles. The number of aromatic nitrogens is 4. The molecule has 29 heavy (non-hydrogen) atoms. The highest BCUT2D eigenvalue weighted by Crippen LogP contribution is 2.26. The Hall–Kier alpha value is -3.16. The van der Waals surface area contributed by atoms with Gasteiger partial charge in [-0.2, -0.15) is 5.10 Å². The Morgan fingerprint density at radius 2 is 1.34 bits per heavy atom. The van der Waals surface area contributed by atoms with Crippen LogP contribution in [0.25, 0.3) is 22.5 Å². The van der Waals surface area contributed by atoms with Gasteiger partial charge >= 0.3 is 0 Å². The molecule has 0 aliphatic rings. The SMILES string of the molecule is Fc1ccc(-c2nnc(Cl)cc2Cl)cc1.O=c1ccc(-c2ccc(F)cc2)n[nH]1. The van der Waals surface area contributed by atoms with Crippen molar-refractivity contribution in [2.24, 2.45) is 0 Å². The van der Waals surface area contributed by atoms with E-state index in [1.165, 1.54) is 36.4 Å². The minimum Gasteiger partial charge on any atom is -0.268 e. The third-order valence-electron chi connectivity index (χ3n) is 3.65. The number of H-pyrrole nitrogens is 1. The van der Waals surface area contributed by atoms with Gasteiger partial charge in [0.1, 0.15) is 17.3 Å². The molecule has 9 heteroatoms. The Balaban J connectivity index is 0.000000166. The first kappa shape index (κ1) is 20.6. The zero-order valence-electron chi connectivity index (χ0n) is 14.6. The van der Waals surface area contributed by atoms with Gasteiger partial charge in [-0.25, -0.2) is 13.9 Å². The van der Waals surface area contributed by atoms with Crippen molar-refractivity contribution < 1.29 is 8.78 Å². The molecule has 4 rings (SSSR count). The average molecular weight is 433 g/mol. The molecule has 0 aliphatic heterocycles. The second-order valence-electron chi connectivity index (χ2n) is 5.68. The first-order valence-corrected chi connectivity index (χ1v) is 8.94. The van der Waals surface area contributed by atoms with Gasteiger partial charge in [-0.1, -0.05) is 23.2 Å². The molecule has 0 atom stereocenters. The molecule has 4 aromatic rings. The van der Waals surface area contributed by atoms with Gasteiger partial charge in [0.25, 0.3) is 5.56 Å². The summed E-state index contributed by atoms with van der Waals surface area (Å²) in [7, 11) is 0. The Bertz CT molecular complexity index is 1150. The van der Waals surface area contributed by atoms with Crippen LogP contribution in [0.1, 0.15) is 0 Å². The quantitative estimate of drug-likeness (QED) is 0.474. The monoisotopic (exact) mass is 432 g/mol. The molecule has 2 heterocycles. The molecule has 0 radical (unpaired) electrons. The molecule has 0 saturated carbocycles. The van der Waals surface area contributed by atoms with E-state index in [0.717, 1.165) is 5.56 Å². The van der Waals surface area contributed by atoms with Crippen molar-refractivity contribution >= 4 is 23.2 Å². The summed E-state index contributed by atoms with van der Waals surface area (Å²) < 4.78 is 25.3. The summed E-state index contributed by atoms with van der Waals surface area (Å²) in [6.07, 6.45) is 0. The number of nitrogens with one attached hydrogen (secondary N) is 1. The van der Waals surface area contributed by atoms with Crippen molar-refractivity contribution in [1.82, 2.24) is 20.4 Å². The largest absolute Gasteiger partial charge is 0.268 e. The summed E-state index contributed by atoms with van der Waals surface area (Å²) in [6.45, 7) is 0. The second-order valence-corrected chi connectivity index (χ2v) is 6.48. The molecule has 146 valence electrons. The van der Waals surface area contributed by atoms with Crippen molar-refractivity contribution in [3.8, 4) is 22.5 Å². The van der Waals surface area contributed by atoms with Crippen LogP contribution in [0, 0.1) is 11.6 Å². The Kier molecular flexibility index (Phi) is 6.64. The lowest BCUT2D eigenvalue weighted by Gasteiger charge is -2.02. The van der Waals surface area contributed by atoms with Crippen LogP contribution in [-0.4, -0.2) is 20.4 Å². The minimum absolute atomic E-state index is 0.228. The molecule has 1 N–H and O–H groups in total. The zero-order valence-corrected chi connectivity index (χ0v) is 16.1. The van der Waals surface area contributed by atoms with E-state index >= 15 is 0 Å². The number of benzene rings is 2. The third-order valence-corrected chi connectivity index (χ3v) is 4.13. The molecule has 0 spiro atoms. The number of hydrogen-bond acceptors (Lipinski definition) is 4. The van der Waals surface area contributed by atoms with E-state index in [0.29, 0.717) is 22.0 Å². The van der Waals surface area contributed by atoms with Gasteiger partial charge in [0.2, 0.25) is 0 Å². The van der Waals surface area contributed by atoms with Crippen molar-refractivity contribution in [2.75, 3.05) is 0 Å².